The second-order valence-electron chi connectivity index (χ2n) is 5.00. The molecule has 0 saturated heterocycles. The van der Waals surface area contributed by atoms with Gasteiger partial charge in [0.05, 0.1) is 0 Å². The van der Waals surface area contributed by atoms with E-state index in [1.165, 1.54) is 18.4 Å². The molecule has 1 fully saturated rings. The van der Waals surface area contributed by atoms with E-state index in [4.69, 9.17) is 4.74 Å². The number of hydrogen-bond acceptors (Lipinski definition) is 2. The van der Waals surface area contributed by atoms with Crippen LogP contribution in [0, 0.1) is 0 Å². The number of amides is 1. The van der Waals surface area contributed by atoms with Crippen molar-refractivity contribution < 1.29 is 9.53 Å². The average Bonchev–Trinajstić information content (AvgIpc) is 2.90. The molecule has 1 aromatic carbocycles. The second kappa shape index (κ2) is 6.43. The number of alkyl carbamates (subject to hydrolysis) is 1. The summed E-state index contributed by atoms with van der Waals surface area (Å²) in [5.74, 6) is 0.308. The lowest BCUT2D eigenvalue weighted by atomic mass is 10.0. The summed E-state index contributed by atoms with van der Waals surface area (Å²) in [4.78, 5) is 11.6. The number of rotatable bonds is 4. The van der Waals surface area contributed by atoms with E-state index >= 15 is 0 Å². The molecule has 1 atom stereocenters. The number of hydrogen-bond donors (Lipinski definition) is 1. The minimum Gasteiger partial charge on any atom is -0.446 e. The third-order valence-corrected chi connectivity index (χ3v) is 3.50. The molecule has 1 aromatic rings. The van der Waals surface area contributed by atoms with Gasteiger partial charge in [0.2, 0.25) is 0 Å². The highest BCUT2D eigenvalue weighted by molar-refractivity contribution is 5.67. The normalized spacial score (nSPS) is 17.4. The third-order valence-electron chi connectivity index (χ3n) is 3.50. The number of benzene rings is 1. The van der Waals surface area contributed by atoms with Crippen LogP contribution in [-0.4, -0.2) is 18.7 Å². The first-order chi connectivity index (χ1) is 8.75. The van der Waals surface area contributed by atoms with Crippen molar-refractivity contribution in [3.63, 3.8) is 0 Å². The van der Waals surface area contributed by atoms with Gasteiger partial charge in [0, 0.05) is 6.54 Å². The summed E-state index contributed by atoms with van der Waals surface area (Å²) < 4.78 is 5.35. The van der Waals surface area contributed by atoms with Crippen molar-refractivity contribution >= 4 is 6.09 Å². The van der Waals surface area contributed by atoms with Crippen LogP contribution < -0.4 is 5.32 Å². The molecule has 1 N–H and O–H groups in total. The van der Waals surface area contributed by atoms with E-state index in [1.54, 1.807) is 0 Å². The van der Waals surface area contributed by atoms with Gasteiger partial charge in [0.15, 0.2) is 0 Å². The molecule has 3 heteroatoms. The van der Waals surface area contributed by atoms with Crippen molar-refractivity contribution in [1.29, 1.82) is 0 Å². The monoisotopic (exact) mass is 247 g/mol. The number of ether oxygens (including phenoxy) is 1. The van der Waals surface area contributed by atoms with Gasteiger partial charge in [-0.3, -0.25) is 0 Å². The zero-order valence-corrected chi connectivity index (χ0v) is 10.9. The number of carbonyl (C=O) groups is 1. The number of nitrogens with one attached hydrogen (secondary N) is 1. The van der Waals surface area contributed by atoms with Crippen molar-refractivity contribution in [2.75, 3.05) is 6.54 Å². The topological polar surface area (TPSA) is 38.3 Å². The Bertz CT molecular complexity index is 371. The fraction of sp³-hybridized carbons (Fsp3) is 0.533. The van der Waals surface area contributed by atoms with Crippen LogP contribution in [-0.2, 0) is 4.74 Å². The highest BCUT2D eigenvalue weighted by Crippen LogP contribution is 2.21. The van der Waals surface area contributed by atoms with E-state index in [2.05, 4.69) is 24.4 Å². The second-order valence-corrected chi connectivity index (χ2v) is 5.00. The quantitative estimate of drug-likeness (QED) is 0.884. The minimum absolute atomic E-state index is 0.136. The van der Waals surface area contributed by atoms with Crippen molar-refractivity contribution in [3.05, 3.63) is 35.9 Å². The highest BCUT2D eigenvalue weighted by atomic mass is 16.6. The molecule has 0 aromatic heterocycles. The maximum Gasteiger partial charge on any atom is 0.407 e. The van der Waals surface area contributed by atoms with Crippen LogP contribution in [0.2, 0.25) is 0 Å². The van der Waals surface area contributed by atoms with Gasteiger partial charge in [0.1, 0.15) is 6.10 Å². The van der Waals surface area contributed by atoms with Gasteiger partial charge in [-0.15, -0.1) is 0 Å². The Balaban J connectivity index is 1.72. The zero-order valence-electron chi connectivity index (χ0n) is 10.9. The Hall–Kier alpha value is -1.51. The molecule has 1 aliphatic rings. The molecule has 1 saturated carbocycles. The van der Waals surface area contributed by atoms with Gasteiger partial charge >= 0.3 is 6.09 Å². The van der Waals surface area contributed by atoms with Crippen LogP contribution >= 0.6 is 0 Å². The van der Waals surface area contributed by atoms with E-state index in [0.717, 1.165) is 12.8 Å². The van der Waals surface area contributed by atoms with Gasteiger partial charge < -0.3 is 10.1 Å². The maximum atomic E-state index is 11.6. The smallest absolute Gasteiger partial charge is 0.407 e. The Morgan fingerprint density at radius 2 is 2.00 bits per heavy atom. The predicted molar refractivity (Wildman–Crippen MR) is 71.6 cm³/mol. The summed E-state index contributed by atoms with van der Waals surface area (Å²) in [6.45, 7) is 2.72. The third kappa shape index (κ3) is 3.76. The number of carbonyl (C=O) groups excluding carboxylic acids is 1. The summed E-state index contributed by atoms with van der Waals surface area (Å²) in [5.41, 5.74) is 1.23. The van der Waals surface area contributed by atoms with E-state index < -0.39 is 0 Å². The molecular weight excluding hydrogens is 226 g/mol. The summed E-state index contributed by atoms with van der Waals surface area (Å²) in [6, 6.07) is 10.2. The molecule has 0 heterocycles. The van der Waals surface area contributed by atoms with Crippen LogP contribution in [0.5, 0.6) is 0 Å². The van der Waals surface area contributed by atoms with E-state index in [9.17, 15) is 4.79 Å². The molecule has 0 aliphatic heterocycles. The summed E-state index contributed by atoms with van der Waals surface area (Å²) in [5, 5.41) is 2.85. The molecule has 98 valence electrons. The molecule has 2 rings (SSSR count). The van der Waals surface area contributed by atoms with Crippen molar-refractivity contribution in [2.24, 2.45) is 0 Å². The highest BCUT2D eigenvalue weighted by Gasteiger charge is 2.19. The molecule has 0 spiro atoms. The van der Waals surface area contributed by atoms with Gasteiger partial charge in [-0.1, -0.05) is 37.3 Å². The molecule has 3 nitrogen and oxygen atoms in total. The summed E-state index contributed by atoms with van der Waals surface area (Å²) in [6.07, 6.45) is 4.25. The van der Waals surface area contributed by atoms with Crippen molar-refractivity contribution in [1.82, 2.24) is 5.32 Å². The van der Waals surface area contributed by atoms with Crippen LogP contribution in [0.1, 0.15) is 44.1 Å². The van der Waals surface area contributed by atoms with Gasteiger partial charge in [-0.05, 0) is 37.2 Å². The lowest BCUT2D eigenvalue weighted by Gasteiger charge is -2.15. The van der Waals surface area contributed by atoms with Gasteiger partial charge in [-0.2, -0.15) is 0 Å². The Morgan fingerprint density at radius 3 is 2.67 bits per heavy atom. The molecule has 1 unspecified atom stereocenters. The van der Waals surface area contributed by atoms with Gasteiger partial charge in [0.25, 0.3) is 0 Å². The Morgan fingerprint density at radius 1 is 1.33 bits per heavy atom. The summed E-state index contributed by atoms with van der Waals surface area (Å²) >= 11 is 0. The molecule has 1 amide bonds. The lowest BCUT2D eigenvalue weighted by molar-refractivity contribution is 0.101. The zero-order chi connectivity index (χ0) is 12.8. The SMILES string of the molecule is CC(CNC(=O)OC1CCCC1)c1ccccc1. The van der Waals surface area contributed by atoms with Gasteiger partial charge in [-0.25, -0.2) is 4.79 Å². The lowest BCUT2D eigenvalue weighted by Crippen LogP contribution is -2.30. The first-order valence-electron chi connectivity index (χ1n) is 6.75. The first-order valence-corrected chi connectivity index (χ1v) is 6.75. The standard InChI is InChI=1S/C15H21NO2/c1-12(13-7-3-2-4-8-13)11-16-15(17)18-14-9-5-6-10-14/h2-4,7-8,12,14H,5-6,9-11H2,1H3,(H,16,17). The molecule has 18 heavy (non-hydrogen) atoms. The van der Waals surface area contributed by atoms with E-state index in [-0.39, 0.29) is 12.2 Å². The van der Waals surface area contributed by atoms with Crippen LogP contribution in [0.15, 0.2) is 30.3 Å². The summed E-state index contributed by atoms with van der Waals surface area (Å²) in [7, 11) is 0. The Labute approximate surface area is 109 Å². The molecule has 1 aliphatic carbocycles. The first kappa shape index (κ1) is 12.9. The van der Waals surface area contributed by atoms with Crippen LogP contribution in [0.3, 0.4) is 0 Å². The van der Waals surface area contributed by atoms with Crippen molar-refractivity contribution in [2.45, 2.75) is 44.6 Å². The van der Waals surface area contributed by atoms with E-state index in [0.29, 0.717) is 12.5 Å². The molecular formula is C15H21NO2. The largest absolute Gasteiger partial charge is 0.446 e. The fourth-order valence-corrected chi connectivity index (χ4v) is 2.34. The fourth-order valence-electron chi connectivity index (χ4n) is 2.34. The average molecular weight is 247 g/mol. The van der Waals surface area contributed by atoms with Crippen molar-refractivity contribution in [3.8, 4) is 0 Å². The van der Waals surface area contributed by atoms with Crippen LogP contribution in [0.25, 0.3) is 0 Å². The maximum absolute atomic E-state index is 11.6. The van der Waals surface area contributed by atoms with Crippen LogP contribution in [0.4, 0.5) is 4.79 Å². The molecule has 0 radical (unpaired) electrons. The Kier molecular flexibility index (Phi) is 4.62. The molecule has 0 bridgehead atoms. The minimum atomic E-state index is -0.273. The predicted octanol–water partition coefficient (Wildman–Crippen LogP) is 3.46. The van der Waals surface area contributed by atoms with E-state index in [1.807, 2.05) is 18.2 Å².